The molecule has 0 unspecified atom stereocenters. The standard InChI is InChI=1S/C12H21BrN4/c1-4-5-17(7-6-16(2)3)12-11(13)8-10(14)9-15-12/h8-9H,4-7,14H2,1-3H3. The average molecular weight is 301 g/mol. The van der Waals surface area contributed by atoms with Crippen LogP contribution in [0.2, 0.25) is 0 Å². The number of rotatable bonds is 6. The normalized spacial score (nSPS) is 10.9. The number of aromatic nitrogens is 1. The lowest BCUT2D eigenvalue weighted by Crippen LogP contribution is -2.33. The third-order valence-corrected chi connectivity index (χ3v) is 3.04. The molecule has 0 amide bonds. The van der Waals surface area contributed by atoms with Crippen LogP contribution in [0.1, 0.15) is 13.3 Å². The molecule has 1 rings (SSSR count). The summed E-state index contributed by atoms with van der Waals surface area (Å²) in [5.74, 6) is 0.975. The minimum Gasteiger partial charge on any atom is -0.397 e. The molecule has 0 saturated heterocycles. The molecule has 1 heterocycles. The maximum Gasteiger partial charge on any atom is 0.143 e. The van der Waals surface area contributed by atoms with E-state index in [1.54, 1.807) is 6.20 Å². The molecule has 1 aromatic heterocycles. The molecule has 2 N–H and O–H groups in total. The van der Waals surface area contributed by atoms with Gasteiger partial charge in [0, 0.05) is 19.6 Å². The van der Waals surface area contributed by atoms with Crippen LogP contribution in [0.3, 0.4) is 0 Å². The Morgan fingerprint density at radius 1 is 1.29 bits per heavy atom. The van der Waals surface area contributed by atoms with Gasteiger partial charge in [0.1, 0.15) is 5.82 Å². The predicted octanol–water partition coefficient (Wildman–Crippen LogP) is 2.20. The maximum atomic E-state index is 5.70. The van der Waals surface area contributed by atoms with E-state index in [1.807, 2.05) is 6.07 Å². The first-order valence-electron chi connectivity index (χ1n) is 5.85. The Hall–Kier alpha value is -0.810. The Labute approximate surface area is 112 Å². The van der Waals surface area contributed by atoms with E-state index in [2.05, 4.69) is 51.7 Å². The highest BCUT2D eigenvalue weighted by Gasteiger charge is 2.11. The quantitative estimate of drug-likeness (QED) is 0.875. The second-order valence-corrected chi connectivity index (χ2v) is 5.22. The summed E-state index contributed by atoms with van der Waals surface area (Å²) in [5.41, 5.74) is 6.39. The van der Waals surface area contributed by atoms with Crippen LogP contribution in [0, 0.1) is 0 Å². The fourth-order valence-electron chi connectivity index (χ4n) is 1.59. The zero-order chi connectivity index (χ0) is 12.8. The first-order valence-corrected chi connectivity index (χ1v) is 6.64. The third kappa shape index (κ3) is 4.52. The molecule has 96 valence electrons. The van der Waals surface area contributed by atoms with Gasteiger partial charge in [-0.1, -0.05) is 6.92 Å². The Morgan fingerprint density at radius 2 is 2.00 bits per heavy atom. The molecule has 0 radical (unpaired) electrons. The van der Waals surface area contributed by atoms with Crippen LogP contribution in [0.5, 0.6) is 0 Å². The Balaban J connectivity index is 2.81. The molecule has 0 spiro atoms. The van der Waals surface area contributed by atoms with Crippen LogP contribution < -0.4 is 10.6 Å². The van der Waals surface area contributed by atoms with Crippen molar-refractivity contribution < 1.29 is 0 Å². The van der Waals surface area contributed by atoms with Crippen molar-refractivity contribution in [2.24, 2.45) is 0 Å². The number of hydrogen-bond acceptors (Lipinski definition) is 4. The molecule has 0 fully saturated rings. The van der Waals surface area contributed by atoms with Gasteiger partial charge in [0.25, 0.3) is 0 Å². The van der Waals surface area contributed by atoms with Crippen molar-refractivity contribution in [1.82, 2.24) is 9.88 Å². The van der Waals surface area contributed by atoms with Crippen molar-refractivity contribution in [1.29, 1.82) is 0 Å². The van der Waals surface area contributed by atoms with Crippen molar-refractivity contribution >= 4 is 27.4 Å². The van der Waals surface area contributed by atoms with E-state index in [4.69, 9.17) is 5.73 Å². The van der Waals surface area contributed by atoms with Crippen molar-refractivity contribution in [2.75, 3.05) is 44.4 Å². The lowest BCUT2D eigenvalue weighted by Gasteiger charge is -2.25. The second-order valence-electron chi connectivity index (χ2n) is 4.36. The first kappa shape index (κ1) is 14.3. The van der Waals surface area contributed by atoms with E-state index in [0.717, 1.165) is 36.3 Å². The number of nitrogen functional groups attached to an aromatic ring is 1. The Kier molecular flexibility index (Phi) is 5.71. The molecule has 0 aromatic carbocycles. The Morgan fingerprint density at radius 3 is 2.53 bits per heavy atom. The summed E-state index contributed by atoms with van der Waals surface area (Å²) >= 11 is 3.53. The van der Waals surface area contributed by atoms with E-state index in [-0.39, 0.29) is 0 Å². The lowest BCUT2D eigenvalue weighted by atomic mass is 10.3. The molecule has 5 heteroatoms. The lowest BCUT2D eigenvalue weighted by molar-refractivity contribution is 0.412. The van der Waals surface area contributed by atoms with E-state index in [9.17, 15) is 0 Å². The van der Waals surface area contributed by atoms with Crippen LogP contribution in [0.25, 0.3) is 0 Å². The number of anilines is 2. The summed E-state index contributed by atoms with van der Waals surface area (Å²) in [4.78, 5) is 8.87. The van der Waals surface area contributed by atoms with E-state index >= 15 is 0 Å². The fourth-order valence-corrected chi connectivity index (χ4v) is 2.21. The van der Waals surface area contributed by atoms with Crippen LogP contribution in [-0.4, -0.2) is 43.6 Å². The van der Waals surface area contributed by atoms with E-state index in [0.29, 0.717) is 5.69 Å². The zero-order valence-corrected chi connectivity index (χ0v) is 12.4. The molecule has 0 atom stereocenters. The fraction of sp³-hybridized carbons (Fsp3) is 0.583. The molecule has 0 aliphatic heterocycles. The molecule has 0 bridgehead atoms. The van der Waals surface area contributed by atoms with E-state index < -0.39 is 0 Å². The molecular weight excluding hydrogens is 280 g/mol. The van der Waals surface area contributed by atoms with Gasteiger partial charge in [0.05, 0.1) is 16.4 Å². The number of nitrogens with zero attached hydrogens (tertiary/aromatic N) is 3. The number of nitrogens with two attached hydrogens (primary N) is 1. The summed E-state index contributed by atoms with van der Waals surface area (Å²) in [7, 11) is 4.16. The van der Waals surface area contributed by atoms with Gasteiger partial charge < -0.3 is 15.5 Å². The minimum absolute atomic E-state index is 0.685. The first-order chi connectivity index (χ1) is 8.04. The number of hydrogen-bond donors (Lipinski definition) is 1. The molecule has 0 aliphatic carbocycles. The van der Waals surface area contributed by atoms with Crippen LogP contribution in [-0.2, 0) is 0 Å². The van der Waals surface area contributed by atoms with Crippen LogP contribution in [0.4, 0.5) is 11.5 Å². The SMILES string of the molecule is CCCN(CCN(C)C)c1ncc(N)cc1Br. The second kappa shape index (κ2) is 6.81. The molecule has 4 nitrogen and oxygen atoms in total. The monoisotopic (exact) mass is 300 g/mol. The summed E-state index contributed by atoms with van der Waals surface area (Å²) in [6.45, 7) is 5.16. The summed E-state index contributed by atoms with van der Waals surface area (Å²) < 4.78 is 0.963. The molecule has 0 saturated carbocycles. The molecule has 0 aliphatic rings. The highest BCUT2D eigenvalue weighted by Crippen LogP contribution is 2.25. The van der Waals surface area contributed by atoms with E-state index in [1.165, 1.54) is 0 Å². The largest absolute Gasteiger partial charge is 0.397 e. The predicted molar refractivity (Wildman–Crippen MR) is 77.4 cm³/mol. The van der Waals surface area contributed by atoms with Crippen molar-refractivity contribution in [3.05, 3.63) is 16.7 Å². The smallest absolute Gasteiger partial charge is 0.143 e. The minimum atomic E-state index is 0.685. The summed E-state index contributed by atoms with van der Waals surface area (Å²) in [5, 5.41) is 0. The van der Waals surface area contributed by atoms with Gasteiger partial charge in [-0.05, 0) is 42.5 Å². The van der Waals surface area contributed by atoms with Crippen molar-refractivity contribution in [3.8, 4) is 0 Å². The zero-order valence-electron chi connectivity index (χ0n) is 10.8. The summed E-state index contributed by atoms with van der Waals surface area (Å²) in [6.07, 6.45) is 2.81. The van der Waals surface area contributed by atoms with Gasteiger partial charge in [0.2, 0.25) is 0 Å². The number of likely N-dealkylation sites (N-methyl/N-ethyl adjacent to an activating group) is 1. The molecule has 1 aromatic rings. The van der Waals surface area contributed by atoms with Crippen LogP contribution >= 0.6 is 15.9 Å². The van der Waals surface area contributed by atoms with Crippen molar-refractivity contribution in [2.45, 2.75) is 13.3 Å². The van der Waals surface area contributed by atoms with Crippen LogP contribution in [0.15, 0.2) is 16.7 Å². The Bertz CT molecular complexity index is 354. The van der Waals surface area contributed by atoms with Gasteiger partial charge in [0.15, 0.2) is 0 Å². The molecular formula is C12H21BrN4. The average Bonchev–Trinajstić information content (AvgIpc) is 2.24. The van der Waals surface area contributed by atoms with Gasteiger partial charge in [-0.15, -0.1) is 0 Å². The molecule has 17 heavy (non-hydrogen) atoms. The van der Waals surface area contributed by atoms with Gasteiger partial charge in [-0.25, -0.2) is 4.98 Å². The topological polar surface area (TPSA) is 45.4 Å². The maximum absolute atomic E-state index is 5.70. The number of halogens is 1. The third-order valence-electron chi connectivity index (χ3n) is 2.45. The van der Waals surface area contributed by atoms with Crippen molar-refractivity contribution in [3.63, 3.8) is 0 Å². The van der Waals surface area contributed by atoms with Gasteiger partial charge in [-0.3, -0.25) is 0 Å². The van der Waals surface area contributed by atoms with Gasteiger partial charge in [-0.2, -0.15) is 0 Å². The highest BCUT2D eigenvalue weighted by atomic mass is 79.9. The van der Waals surface area contributed by atoms with Gasteiger partial charge >= 0.3 is 0 Å². The highest BCUT2D eigenvalue weighted by molar-refractivity contribution is 9.10. The summed E-state index contributed by atoms with van der Waals surface area (Å²) in [6, 6.07) is 1.90. The number of pyridine rings is 1.